The van der Waals surface area contributed by atoms with Crippen molar-refractivity contribution in [3.8, 4) is 0 Å². The number of pyridine rings is 1. The fourth-order valence-corrected chi connectivity index (χ4v) is 4.58. The highest BCUT2D eigenvalue weighted by atomic mass is 32.2. The average molecular weight is 425 g/mol. The minimum atomic E-state index is -0.0651. The molecule has 158 valence electrons. The number of carbonyl (C=O) groups excluding carboxylic acids is 2. The molecule has 2 saturated heterocycles. The van der Waals surface area contributed by atoms with Gasteiger partial charge in [0.05, 0.1) is 16.3 Å². The number of amides is 2. The number of thioether (sulfide) groups is 1. The van der Waals surface area contributed by atoms with E-state index in [1.165, 1.54) is 36.7 Å². The number of aromatic nitrogens is 1. The maximum Gasteiger partial charge on any atom is 0.255 e. The molecule has 2 aromatic rings. The summed E-state index contributed by atoms with van der Waals surface area (Å²) in [7, 11) is 0. The Hall–Kier alpha value is -2.54. The lowest BCUT2D eigenvalue weighted by atomic mass is 10.1. The zero-order chi connectivity index (χ0) is 20.8. The van der Waals surface area contributed by atoms with Gasteiger partial charge < -0.3 is 15.1 Å². The fourth-order valence-electron chi connectivity index (χ4n) is 3.94. The predicted octanol–water partition coefficient (Wildman–Crippen LogP) is 4.04. The van der Waals surface area contributed by atoms with Gasteiger partial charge in [-0.3, -0.25) is 9.59 Å². The molecule has 2 fully saturated rings. The van der Waals surface area contributed by atoms with Crippen LogP contribution in [0, 0.1) is 0 Å². The van der Waals surface area contributed by atoms with E-state index in [1.54, 1.807) is 12.3 Å². The Bertz CT molecular complexity index is 858. The second-order valence-electron chi connectivity index (χ2n) is 7.82. The Morgan fingerprint density at radius 3 is 2.27 bits per heavy atom. The van der Waals surface area contributed by atoms with Gasteiger partial charge in [0.25, 0.3) is 5.91 Å². The van der Waals surface area contributed by atoms with Crippen LogP contribution in [-0.2, 0) is 4.79 Å². The number of nitrogens with zero attached hydrogens (tertiary/aromatic N) is 3. The van der Waals surface area contributed by atoms with E-state index in [0.717, 1.165) is 49.7 Å². The molecule has 6 nitrogen and oxygen atoms in total. The lowest BCUT2D eigenvalue weighted by molar-refractivity contribution is -0.113. The van der Waals surface area contributed by atoms with E-state index in [2.05, 4.69) is 27.3 Å². The van der Waals surface area contributed by atoms with Crippen molar-refractivity contribution in [1.82, 2.24) is 9.88 Å². The van der Waals surface area contributed by atoms with Gasteiger partial charge in [0.2, 0.25) is 5.91 Å². The molecule has 0 atom stereocenters. The summed E-state index contributed by atoms with van der Waals surface area (Å²) < 4.78 is 0. The lowest BCUT2D eigenvalue weighted by Gasteiger charge is -2.28. The molecular formula is C23H28N4O2S. The van der Waals surface area contributed by atoms with Crippen LogP contribution in [-0.4, -0.2) is 53.6 Å². The minimum Gasteiger partial charge on any atom is -0.372 e. The number of hydrogen-bond acceptors (Lipinski definition) is 5. The Morgan fingerprint density at radius 2 is 1.60 bits per heavy atom. The third kappa shape index (κ3) is 5.33. The first-order chi connectivity index (χ1) is 14.7. The van der Waals surface area contributed by atoms with Crippen LogP contribution in [0.2, 0.25) is 0 Å². The number of hydrogen-bond donors (Lipinski definition) is 1. The third-order valence-corrected chi connectivity index (χ3v) is 6.54. The lowest BCUT2D eigenvalue weighted by Crippen LogP contribution is -2.29. The smallest absolute Gasteiger partial charge is 0.255 e. The summed E-state index contributed by atoms with van der Waals surface area (Å²) in [4.78, 5) is 33.3. The first-order valence-electron chi connectivity index (χ1n) is 10.7. The molecule has 0 unspecified atom stereocenters. The molecule has 0 bridgehead atoms. The van der Waals surface area contributed by atoms with Gasteiger partial charge in [0.1, 0.15) is 0 Å². The summed E-state index contributed by atoms with van der Waals surface area (Å²) >= 11 is 1.37. The number of anilines is 2. The van der Waals surface area contributed by atoms with Gasteiger partial charge >= 0.3 is 0 Å². The topological polar surface area (TPSA) is 65.5 Å². The third-order valence-electron chi connectivity index (χ3n) is 5.60. The van der Waals surface area contributed by atoms with Crippen molar-refractivity contribution in [2.24, 2.45) is 0 Å². The maximum absolute atomic E-state index is 12.4. The van der Waals surface area contributed by atoms with Gasteiger partial charge in [-0.05, 0) is 68.5 Å². The number of carbonyl (C=O) groups is 2. The van der Waals surface area contributed by atoms with E-state index in [0.29, 0.717) is 5.56 Å². The van der Waals surface area contributed by atoms with Crippen molar-refractivity contribution in [3.63, 3.8) is 0 Å². The SMILES string of the molecule is O=C(CSc1ccc(C(=O)N2CCCC2)cn1)Nc1ccc(N2CCCCC2)cc1. The molecule has 1 aromatic carbocycles. The second-order valence-corrected chi connectivity index (χ2v) is 8.81. The normalized spacial score (nSPS) is 16.5. The van der Waals surface area contributed by atoms with Gasteiger partial charge in [-0.25, -0.2) is 4.98 Å². The number of benzene rings is 1. The van der Waals surface area contributed by atoms with Crippen molar-refractivity contribution in [3.05, 3.63) is 48.2 Å². The quantitative estimate of drug-likeness (QED) is 0.709. The van der Waals surface area contributed by atoms with Gasteiger partial charge in [-0.2, -0.15) is 0 Å². The molecule has 1 N–H and O–H groups in total. The highest BCUT2D eigenvalue weighted by molar-refractivity contribution is 7.99. The molecule has 7 heteroatoms. The van der Waals surface area contributed by atoms with E-state index in [4.69, 9.17) is 0 Å². The Kier molecular flexibility index (Phi) is 6.89. The standard InChI is InChI=1S/C23H28N4O2S/c28-21(25-19-7-9-20(10-8-19)26-12-2-1-3-13-26)17-30-22-11-6-18(16-24-22)23(29)27-14-4-5-15-27/h6-11,16H,1-5,12-15,17H2,(H,25,28). The van der Waals surface area contributed by atoms with Crippen molar-refractivity contribution in [2.75, 3.05) is 42.1 Å². The molecule has 1 aromatic heterocycles. The summed E-state index contributed by atoms with van der Waals surface area (Å²) in [5, 5.41) is 3.68. The van der Waals surface area contributed by atoms with Crippen LogP contribution in [0.4, 0.5) is 11.4 Å². The molecule has 2 amide bonds. The molecule has 0 aliphatic carbocycles. The average Bonchev–Trinajstić information content (AvgIpc) is 3.34. The van der Waals surface area contributed by atoms with Crippen molar-refractivity contribution in [2.45, 2.75) is 37.1 Å². The maximum atomic E-state index is 12.4. The molecule has 2 aliphatic rings. The van der Waals surface area contributed by atoms with E-state index in [-0.39, 0.29) is 17.6 Å². The minimum absolute atomic E-state index is 0.0438. The monoisotopic (exact) mass is 424 g/mol. The van der Waals surface area contributed by atoms with Crippen LogP contribution >= 0.6 is 11.8 Å². The Labute approximate surface area is 182 Å². The number of likely N-dealkylation sites (tertiary alicyclic amines) is 1. The van der Waals surface area contributed by atoms with Crippen LogP contribution in [0.15, 0.2) is 47.6 Å². The number of nitrogens with one attached hydrogen (secondary N) is 1. The largest absolute Gasteiger partial charge is 0.372 e. The summed E-state index contributed by atoms with van der Waals surface area (Å²) in [5.41, 5.74) is 2.63. The molecule has 0 saturated carbocycles. The summed E-state index contributed by atoms with van der Waals surface area (Å²) in [6.45, 7) is 3.87. The fraction of sp³-hybridized carbons (Fsp3) is 0.435. The van der Waals surface area contributed by atoms with E-state index >= 15 is 0 Å². The van der Waals surface area contributed by atoms with Crippen molar-refractivity contribution >= 4 is 35.0 Å². The zero-order valence-corrected chi connectivity index (χ0v) is 18.0. The van der Waals surface area contributed by atoms with Crippen molar-refractivity contribution in [1.29, 1.82) is 0 Å². The Morgan fingerprint density at radius 1 is 0.900 bits per heavy atom. The molecule has 3 heterocycles. The van der Waals surface area contributed by atoms with Crippen LogP contribution in [0.5, 0.6) is 0 Å². The van der Waals surface area contributed by atoms with E-state index in [9.17, 15) is 9.59 Å². The van der Waals surface area contributed by atoms with E-state index in [1.807, 2.05) is 23.1 Å². The molecule has 4 rings (SSSR count). The predicted molar refractivity (Wildman–Crippen MR) is 121 cm³/mol. The highest BCUT2D eigenvalue weighted by Gasteiger charge is 2.19. The first kappa shape index (κ1) is 20.7. The summed E-state index contributed by atoms with van der Waals surface area (Å²) in [6.07, 6.45) is 7.57. The molecule has 2 aliphatic heterocycles. The number of piperidine rings is 1. The number of rotatable bonds is 6. The van der Waals surface area contributed by atoms with E-state index < -0.39 is 0 Å². The zero-order valence-electron chi connectivity index (χ0n) is 17.2. The summed E-state index contributed by atoms with van der Waals surface area (Å²) in [6, 6.07) is 11.7. The van der Waals surface area contributed by atoms with Gasteiger partial charge in [-0.1, -0.05) is 11.8 Å². The first-order valence-corrected chi connectivity index (χ1v) is 11.7. The van der Waals surface area contributed by atoms with Crippen LogP contribution in [0.3, 0.4) is 0 Å². The molecule has 0 radical (unpaired) electrons. The van der Waals surface area contributed by atoms with Crippen LogP contribution in [0.25, 0.3) is 0 Å². The van der Waals surface area contributed by atoms with Gasteiger partial charge in [0.15, 0.2) is 0 Å². The molecule has 0 spiro atoms. The second kappa shape index (κ2) is 9.98. The molecule has 30 heavy (non-hydrogen) atoms. The van der Waals surface area contributed by atoms with Crippen LogP contribution in [0.1, 0.15) is 42.5 Å². The Balaban J connectivity index is 1.24. The van der Waals surface area contributed by atoms with Gasteiger partial charge in [0, 0.05) is 43.8 Å². The molecular weight excluding hydrogens is 396 g/mol. The van der Waals surface area contributed by atoms with Crippen LogP contribution < -0.4 is 10.2 Å². The van der Waals surface area contributed by atoms with Crippen molar-refractivity contribution < 1.29 is 9.59 Å². The van der Waals surface area contributed by atoms with Gasteiger partial charge in [-0.15, -0.1) is 0 Å². The summed E-state index contributed by atoms with van der Waals surface area (Å²) in [5.74, 6) is 0.257. The highest BCUT2D eigenvalue weighted by Crippen LogP contribution is 2.22.